The van der Waals surface area contributed by atoms with Gasteiger partial charge in [-0.3, -0.25) is 0 Å². The molecular formula is C10H9FO. The van der Waals surface area contributed by atoms with Crippen LogP contribution in [0.2, 0.25) is 0 Å². The van der Waals surface area contributed by atoms with Gasteiger partial charge in [0.05, 0.1) is 0 Å². The summed E-state index contributed by atoms with van der Waals surface area (Å²) >= 11 is 0. The molecule has 0 spiro atoms. The van der Waals surface area contributed by atoms with Gasteiger partial charge in [-0.25, -0.2) is 4.39 Å². The fourth-order valence-electron chi connectivity index (χ4n) is 1.35. The van der Waals surface area contributed by atoms with Crippen LogP contribution in [0.5, 0.6) is 0 Å². The molecule has 0 aliphatic carbocycles. The number of benzene rings is 1. The number of hydrogen-bond acceptors (Lipinski definition) is 1. The second-order valence-electron chi connectivity index (χ2n) is 2.96. The minimum Gasteiger partial charge on any atom is -0.458 e. The largest absolute Gasteiger partial charge is 0.458 e. The molecule has 2 rings (SSSR count). The Morgan fingerprint density at radius 1 is 1.25 bits per heavy atom. The van der Waals surface area contributed by atoms with E-state index in [1.54, 1.807) is 6.07 Å². The Hall–Kier alpha value is -1.31. The molecule has 2 aromatic rings. The van der Waals surface area contributed by atoms with Crippen LogP contribution in [0.1, 0.15) is 11.3 Å². The Morgan fingerprint density at radius 3 is 2.67 bits per heavy atom. The van der Waals surface area contributed by atoms with Gasteiger partial charge < -0.3 is 4.42 Å². The normalized spacial score (nSPS) is 10.9. The van der Waals surface area contributed by atoms with Gasteiger partial charge >= 0.3 is 0 Å². The van der Waals surface area contributed by atoms with Gasteiger partial charge in [-0.2, -0.15) is 0 Å². The van der Waals surface area contributed by atoms with Gasteiger partial charge in [-0.15, -0.1) is 0 Å². The third kappa shape index (κ3) is 0.916. The van der Waals surface area contributed by atoms with Crippen LogP contribution in [0, 0.1) is 19.7 Å². The standard InChI is InChI=1S/C10H9FO/c1-6-3-4-9(11)10-8(6)5-7(2)12-10/h3-5H,1-2H3. The topological polar surface area (TPSA) is 13.1 Å². The molecule has 62 valence electrons. The second kappa shape index (κ2) is 2.34. The van der Waals surface area contributed by atoms with Crippen molar-refractivity contribution in [3.05, 3.63) is 35.3 Å². The van der Waals surface area contributed by atoms with Crippen LogP contribution >= 0.6 is 0 Å². The van der Waals surface area contributed by atoms with Gasteiger partial charge in [0.2, 0.25) is 0 Å². The lowest BCUT2D eigenvalue weighted by Crippen LogP contribution is -1.77. The molecular weight excluding hydrogens is 155 g/mol. The van der Waals surface area contributed by atoms with Crippen molar-refractivity contribution in [2.24, 2.45) is 0 Å². The van der Waals surface area contributed by atoms with E-state index in [1.165, 1.54) is 6.07 Å². The number of aryl methyl sites for hydroxylation is 2. The summed E-state index contributed by atoms with van der Waals surface area (Å²) in [6.07, 6.45) is 0. The van der Waals surface area contributed by atoms with Gasteiger partial charge in [0, 0.05) is 5.39 Å². The first-order chi connectivity index (χ1) is 5.68. The van der Waals surface area contributed by atoms with Gasteiger partial charge in [-0.05, 0) is 31.5 Å². The number of hydrogen-bond donors (Lipinski definition) is 0. The zero-order valence-electron chi connectivity index (χ0n) is 7.02. The summed E-state index contributed by atoms with van der Waals surface area (Å²) in [6, 6.07) is 5.04. The summed E-state index contributed by atoms with van der Waals surface area (Å²) in [6.45, 7) is 3.76. The Kier molecular flexibility index (Phi) is 1.43. The predicted molar refractivity (Wildman–Crippen MR) is 45.6 cm³/mol. The Morgan fingerprint density at radius 2 is 2.00 bits per heavy atom. The zero-order chi connectivity index (χ0) is 8.72. The number of fused-ring (bicyclic) bond motifs is 1. The molecule has 0 fully saturated rings. The van der Waals surface area contributed by atoms with E-state index in [0.717, 1.165) is 16.7 Å². The van der Waals surface area contributed by atoms with E-state index in [9.17, 15) is 4.39 Å². The van der Waals surface area contributed by atoms with Crippen molar-refractivity contribution in [3.8, 4) is 0 Å². The highest BCUT2D eigenvalue weighted by Crippen LogP contribution is 2.24. The molecule has 1 heterocycles. The summed E-state index contributed by atoms with van der Waals surface area (Å²) in [5, 5.41) is 0.868. The van der Waals surface area contributed by atoms with E-state index in [-0.39, 0.29) is 5.82 Å². The molecule has 12 heavy (non-hydrogen) atoms. The molecule has 0 atom stereocenters. The molecule has 1 nitrogen and oxygen atoms in total. The van der Waals surface area contributed by atoms with Crippen molar-refractivity contribution in [1.29, 1.82) is 0 Å². The van der Waals surface area contributed by atoms with E-state index in [4.69, 9.17) is 4.42 Å². The van der Waals surface area contributed by atoms with Crippen LogP contribution in [0.25, 0.3) is 11.0 Å². The van der Waals surface area contributed by atoms with E-state index >= 15 is 0 Å². The summed E-state index contributed by atoms with van der Waals surface area (Å²) < 4.78 is 18.3. The first kappa shape index (κ1) is 7.35. The molecule has 0 unspecified atom stereocenters. The Balaban J connectivity index is 2.93. The van der Waals surface area contributed by atoms with Gasteiger partial charge in [0.1, 0.15) is 5.76 Å². The van der Waals surface area contributed by atoms with Crippen molar-refractivity contribution in [2.45, 2.75) is 13.8 Å². The molecule has 0 bridgehead atoms. The highest BCUT2D eigenvalue weighted by Gasteiger charge is 2.07. The fraction of sp³-hybridized carbons (Fsp3) is 0.200. The molecule has 1 aromatic carbocycles. The summed E-state index contributed by atoms with van der Waals surface area (Å²) in [7, 11) is 0. The molecule has 0 aliphatic rings. The van der Waals surface area contributed by atoms with Crippen LogP contribution in [0.3, 0.4) is 0 Å². The third-order valence-electron chi connectivity index (χ3n) is 1.98. The lowest BCUT2D eigenvalue weighted by molar-refractivity contribution is 0.538. The smallest absolute Gasteiger partial charge is 0.170 e. The average Bonchev–Trinajstić information content (AvgIpc) is 2.41. The maximum atomic E-state index is 13.1. The monoisotopic (exact) mass is 164 g/mol. The van der Waals surface area contributed by atoms with E-state index in [1.807, 2.05) is 19.9 Å². The first-order valence-electron chi connectivity index (χ1n) is 3.84. The van der Waals surface area contributed by atoms with Crippen molar-refractivity contribution in [3.63, 3.8) is 0 Å². The Labute approximate surface area is 69.8 Å². The second-order valence-corrected chi connectivity index (χ2v) is 2.96. The van der Waals surface area contributed by atoms with Gasteiger partial charge in [0.15, 0.2) is 11.4 Å². The van der Waals surface area contributed by atoms with Crippen LogP contribution in [0.4, 0.5) is 4.39 Å². The third-order valence-corrected chi connectivity index (χ3v) is 1.98. The number of rotatable bonds is 0. The Bertz CT molecular complexity index is 390. The van der Waals surface area contributed by atoms with Crippen LogP contribution in [0.15, 0.2) is 22.6 Å². The lowest BCUT2D eigenvalue weighted by atomic mass is 10.1. The van der Waals surface area contributed by atoms with Crippen molar-refractivity contribution < 1.29 is 8.81 Å². The van der Waals surface area contributed by atoms with Crippen molar-refractivity contribution in [1.82, 2.24) is 0 Å². The van der Waals surface area contributed by atoms with Crippen molar-refractivity contribution in [2.75, 3.05) is 0 Å². The minimum absolute atomic E-state index is 0.288. The maximum Gasteiger partial charge on any atom is 0.170 e. The molecule has 0 aliphatic heterocycles. The van der Waals surface area contributed by atoms with E-state index < -0.39 is 0 Å². The highest BCUT2D eigenvalue weighted by atomic mass is 19.1. The fourth-order valence-corrected chi connectivity index (χ4v) is 1.35. The molecule has 0 saturated heterocycles. The lowest BCUT2D eigenvalue weighted by Gasteiger charge is -1.93. The predicted octanol–water partition coefficient (Wildman–Crippen LogP) is 3.19. The van der Waals surface area contributed by atoms with Crippen LogP contribution in [-0.2, 0) is 0 Å². The molecule has 0 saturated carbocycles. The summed E-state index contributed by atoms with van der Waals surface area (Å²) in [5.41, 5.74) is 1.41. The SMILES string of the molecule is Cc1cc2c(C)ccc(F)c2o1. The van der Waals surface area contributed by atoms with E-state index in [2.05, 4.69) is 0 Å². The number of furan rings is 1. The number of halogens is 1. The van der Waals surface area contributed by atoms with Gasteiger partial charge in [-0.1, -0.05) is 6.07 Å². The van der Waals surface area contributed by atoms with Crippen LogP contribution in [-0.4, -0.2) is 0 Å². The molecule has 0 N–H and O–H groups in total. The quantitative estimate of drug-likeness (QED) is 0.582. The summed E-state index contributed by atoms with van der Waals surface area (Å²) in [4.78, 5) is 0. The minimum atomic E-state index is -0.288. The first-order valence-corrected chi connectivity index (χ1v) is 3.84. The van der Waals surface area contributed by atoms with Crippen molar-refractivity contribution >= 4 is 11.0 Å². The van der Waals surface area contributed by atoms with Crippen LogP contribution < -0.4 is 0 Å². The highest BCUT2D eigenvalue weighted by molar-refractivity contribution is 5.81. The molecule has 1 aromatic heterocycles. The maximum absolute atomic E-state index is 13.1. The summed E-state index contributed by atoms with van der Waals surface area (Å²) in [5.74, 6) is 0.460. The molecule has 0 amide bonds. The molecule has 2 heteroatoms. The zero-order valence-corrected chi connectivity index (χ0v) is 7.02. The average molecular weight is 164 g/mol. The molecule has 0 radical (unpaired) electrons. The van der Waals surface area contributed by atoms with E-state index in [0.29, 0.717) is 5.58 Å². The van der Waals surface area contributed by atoms with Gasteiger partial charge in [0.25, 0.3) is 0 Å².